The second-order valence-electron chi connectivity index (χ2n) is 2.69. The molecule has 7 heteroatoms. The Morgan fingerprint density at radius 3 is 3.14 bits per heavy atom. The number of hydrogen-bond acceptors (Lipinski definition) is 4. The highest BCUT2D eigenvalue weighted by molar-refractivity contribution is 6.28. The van der Waals surface area contributed by atoms with Crippen molar-refractivity contribution in [1.29, 1.82) is 0 Å². The van der Waals surface area contributed by atoms with Crippen LogP contribution < -0.4 is 5.56 Å². The molecule has 0 amide bonds. The van der Waals surface area contributed by atoms with E-state index in [0.717, 1.165) is 0 Å². The SMILES string of the molecule is O=c1[nH]c(Cl)nc2c1cnn2CCO. The number of fused-ring (bicyclic) bond motifs is 1. The van der Waals surface area contributed by atoms with Crippen molar-refractivity contribution in [3.8, 4) is 0 Å². The van der Waals surface area contributed by atoms with E-state index in [9.17, 15) is 4.79 Å². The van der Waals surface area contributed by atoms with Gasteiger partial charge in [-0.15, -0.1) is 0 Å². The summed E-state index contributed by atoms with van der Waals surface area (Å²) in [6.45, 7) is 0.221. The lowest BCUT2D eigenvalue weighted by Gasteiger charge is -1.98. The van der Waals surface area contributed by atoms with Crippen molar-refractivity contribution in [2.75, 3.05) is 6.61 Å². The molecule has 0 fully saturated rings. The zero-order chi connectivity index (χ0) is 10.1. The van der Waals surface area contributed by atoms with Crippen molar-refractivity contribution < 1.29 is 5.11 Å². The summed E-state index contributed by atoms with van der Waals surface area (Å²) in [7, 11) is 0. The zero-order valence-electron chi connectivity index (χ0n) is 7.07. The van der Waals surface area contributed by atoms with Crippen molar-refractivity contribution in [2.24, 2.45) is 0 Å². The Hall–Kier alpha value is -1.40. The molecule has 0 spiro atoms. The van der Waals surface area contributed by atoms with Gasteiger partial charge in [-0.25, -0.2) is 4.68 Å². The van der Waals surface area contributed by atoms with Crippen molar-refractivity contribution in [1.82, 2.24) is 19.7 Å². The average molecular weight is 215 g/mol. The van der Waals surface area contributed by atoms with E-state index >= 15 is 0 Å². The molecule has 14 heavy (non-hydrogen) atoms. The van der Waals surface area contributed by atoms with Gasteiger partial charge in [0.25, 0.3) is 5.56 Å². The second kappa shape index (κ2) is 3.39. The van der Waals surface area contributed by atoms with Gasteiger partial charge in [0.1, 0.15) is 5.39 Å². The predicted molar refractivity (Wildman–Crippen MR) is 50.2 cm³/mol. The lowest BCUT2D eigenvalue weighted by Crippen LogP contribution is -2.10. The Labute approximate surface area is 83.1 Å². The van der Waals surface area contributed by atoms with Gasteiger partial charge in [0.2, 0.25) is 5.28 Å². The standard InChI is InChI=1S/C7H7ClN4O2/c8-7-10-5-4(6(14)11-7)3-9-12(5)1-2-13/h3,13H,1-2H2,(H,10,11,14). The molecule has 0 atom stereocenters. The van der Waals surface area contributed by atoms with Crippen LogP contribution in [0.1, 0.15) is 0 Å². The average Bonchev–Trinajstić information content (AvgIpc) is 2.49. The molecule has 0 saturated carbocycles. The molecule has 0 radical (unpaired) electrons. The van der Waals surface area contributed by atoms with Gasteiger partial charge in [-0.3, -0.25) is 9.78 Å². The Morgan fingerprint density at radius 1 is 1.64 bits per heavy atom. The minimum Gasteiger partial charge on any atom is -0.394 e. The maximum absolute atomic E-state index is 11.3. The summed E-state index contributed by atoms with van der Waals surface area (Å²) in [5.74, 6) is 0. The fourth-order valence-electron chi connectivity index (χ4n) is 1.20. The topological polar surface area (TPSA) is 83.8 Å². The zero-order valence-corrected chi connectivity index (χ0v) is 7.82. The van der Waals surface area contributed by atoms with Crippen LogP contribution in [-0.4, -0.2) is 31.5 Å². The van der Waals surface area contributed by atoms with Crippen molar-refractivity contribution in [3.63, 3.8) is 0 Å². The van der Waals surface area contributed by atoms with E-state index in [1.165, 1.54) is 10.9 Å². The van der Waals surface area contributed by atoms with Gasteiger partial charge in [-0.05, 0) is 11.6 Å². The maximum atomic E-state index is 11.3. The van der Waals surface area contributed by atoms with Gasteiger partial charge < -0.3 is 5.11 Å². The fourth-order valence-corrected chi connectivity index (χ4v) is 1.36. The lowest BCUT2D eigenvalue weighted by atomic mass is 10.4. The third-order valence-electron chi connectivity index (χ3n) is 1.79. The van der Waals surface area contributed by atoms with Gasteiger partial charge in [0.15, 0.2) is 5.65 Å². The van der Waals surface area contributed by atoms with Crippen LogP contribution in [0.3, 0.4) is 0 Å². The van der Waals surface area contributed by atoms with Crippen molar-refractivity contribution in [3.05, 3.63) is 21.8 Å². The van der Waals surface area contributed by atoms with Gasteiger partial charge >= 0.3 is 0 Å². The van der Waals surface area contributed by atoms with Crippen LogP contribution in [0.4, 0.5) is 0 Å². The number of aliphatic hydroxyl groups excluding tert-OH is 1. The van der Waals surface area contributed by atoms with E-state index in [4.69, 9.17) is 16.7 Å². The summed E-state index contributed by atoms with van der Waals surface area (Å²) < 4.78 is 1.43. The molecular weight excluding hydrogens is 208 g/mol. The molecule has 2 aromatic heterocycles. The molecule has 0 unspecified atom stereocenters. The summed E-state index contributed by atoms with van der Waals surface area (Å²) in [6.07, 6.45) is 1.40. The normalized spacial score (nSPS) is 11.0. The highest BCUT2D eigenvalue weighted by Gasteiger charge is 2.08. The molecular formula is C7H7ClN4O2. The second-order valence-corrected chi connectivity index (χ2v) is 3.04. The smallest absolute Gasteiger partial charge is 0.262 e. The molecule has 2 aromatic rings. The lowest BCUT2D eigenvalue weighted by molar-refractivity contribution is 0.271. The first kappa shape index (κ1) is 9.17. The van der Waals surface area contributed by atoms with Crippen LogP contribution in [0.2, 0.25) is 5.28 Å². The Balaban J connectivity index is 2.72. The van der Waals surface area contributed by atoms with Crippen LogP contribution in [0.5, 0.6) is 0 Å². The summed E-state index contributed by atoms with van der Waals surface area (Å²) in [5, 5.41) is 13.0. The Kier molecular flexibility index (Phi) is 2.22. The van der Waals surface area contributed by atoms with E-state index in [1.54, 1.807) is 0 Å². The molecule has 0 aliphatic carbocycles. The number of rotatable bonds is 2. The summed E-state index contributed by atoms with van der Waals surface area (Å²) >= 11 is 5.58. The van der Waals surface area contributed by atoms with Crippen molar-refractivity contribution >= 4 is 22.6 Å². The highest BCUT2D eigenvalue weighted by Crippen LogP contribution is 2.07. The Bertz CT molecular complexity index is 518. The number of H-pyrrole nitrogens is 1. The van der Waals surface area contributed by atoms with Crippen molar-refractivity contribution in [2.45, 2.75) is 6.54 Å². The maximum Gasteiger partial charge on any atom is 0.262 e. The third-order valence-corrected chi connectivity index (χ3v) is 1.97. The van der Waals surface area contributed by atoms with Gasteiger partial charge in [0.05, 0.1) is 19.3 Å². The molecule has 74 valence electrons. The van der Waals surface area contributed by atoms with E-state index in [0.29, 0.717) is 11.0 Å². The number of halogens is 1. The molecule has 0 saturated heterocycles. The summed E-state index contributed by atoms with van der Waals surface area (Å²) in [4.78, 5) is 17.6. The molecule has 2 N–H and O–H groups in total. The number of nitrogens with one attached hydrogen (secondary N) is 1. The van der Waals surface area contributed by atoms with E-state index in [1.807, 2.05) is 0 Å². The molecule has 0 bridgehead atoms. The minimum atomic E-state index is -0.329. The van der Waals surface area contributed by atoms with Crippen LogP contribution in [0.25, 0.3) is 11.0 Å². The summed E-state index contributed by atoms with van der Waals surface area (Å²) in [5.41, 5.74) is 0.0528. The van der Waals surface area contributed by atoms with E-state index in [-0.39, 0.29) is 24.0 Å². The van der Waals surface area contributed by atoms with Crippen LogP contribution >= 0.6 is 11.6 Å². The largest absolute Gasteiger partial charge is 0.394 e. The van der Waals surface area contributed by atoms with Gasteiger partial charge in [-0.2, -0.15) is 10.1 Å². The highest BCUT2D eigenvalue weighted by atomic mass is 35.5. The van der Waals surface area contributed by atoms with E-state index < -0.39 is 0 Å². The fraction of sp³-hybridized carbons (Fsp3) is 0.286. The number of aliphatic hydroxyl groups is 1. The van der Waals surface area contributed by atoms with Gasteiger partial charge in [0, 0.05) is 0 Å². The van der Waals surface area contributed by atoms with E-state index in [2.05, 4.69) is 15.1 Å². The van der Waals surface area contributed by atoms with Crippen LogP contribution in [-0.2, 0) is 6.54 Å². The minimum absolute atomic E-state index is 0.0159. The number of aromatic amines is 1. The first-order chi connectivity index (χ1) is 6.72. The quantitative estimate of drug-likeness (QED) is 0.677. The molecule has 0 aliphatic rings. The number of aromatic nitrogens is 4. The first-order valence-electron chi connectivity index (χ1n) is 3.94. The number of nitrogens with zero attached hydrogens (tertiary/aromatic N) is 3. The molecule has 2 heterocycles. The predicted octanol–water partition coefficient (Wildman–Crippen LogP) is -0.235. The molecule has 2 rings (SSSR count). The monoisotopic (exact) mass is 214 g/mol. The van der Waals surface area contributed by atoms with Gasteiger partial charge in [-0.1, -0.05) is 0 Å². The molecule has 6 nitrogen and oxygen atoms in total. The molecule has 0 aliphatic heterocycles. The number of hydrogen-bond donors (Lipinski definition) is 2. The Morgan fingerprint density at radius 2 is 2.43 bits per heavy atom. The third kappa shape index (κ3) is 1.38. The first-order valence-corrected chi connectivity index (χ1v) is 4.32. The van der Waals surface area contributed by atoms with Crippen LogP contribution in [0.15, 0.2) is 11.0 Å². The summed E-state index contributed by atoms with van der Waals surface area (Å²) in [6, 6.07) is 0. The van der Waals surface area contributed by atoms with Crippen LogP contribution in [0, 0.1) is 0 Å². The molecule has 0 aromatic carbocycles.